The first-order chi connectivity index (χ1) is 17.8. The molecule has 3 aromatic carbocycles. The fourth-order valence-electron chi connectivity index (χ4n) is 4.09. The largest absolute Gasteiger partial charge is 0.494 e. The van der Waals surface area contributed by atoms with Crippen molar-refractivity contribution in [1.82, 2.24) is 4.90 Å². The summed E-state index contributed by atoms with van der Waals surface area (Å²) in [6.07, 6.45) is 0. The van der Waals surface area contributed by atoms with Gasteiger partial charge in [0, 0.05) is 31.9 Å². The van der Waals surface area contributed by atoms with E-state index in [1.807, 2.05) is 11.8 Å². The van der Waals surface area contributed by atoms with Gasteiger partial charge in [-0.25, -0.2) is 12.8 Å². The number of rotatable bonds is 9. The molecule has 10 heteroatoms. The summed E-state index contributed by atoms with van der Waals surface area (Å²) >= 11 is 0. The minimum atomic E-state index is -3.81. The van der Waals surface area contributed by atoms with Crippen LogP contribution < -0.4 is 19.1 Å². The molecule has 0 aliphatic carbocycles. The number of hydrogen-bond donors (Lipinski definition) is 1. The number of nitrogens with zero attached hydrogens (tertiary/aromatic N) is 2. The molecule has 1 aliphatic heterocycles. The summed E-state index contributed by atoms with van der Waals surface area (Å²) in [6, 6.07) is 17.7. The van der Waals surface area contributed by atoms with Crippen molar-refractivity contribution in [3.63, 3.8) is 0 Å². The molecule has 0 saturated carbocycles. The maximum absolute atomic E-state index is 14.0. The van der Waals surface area contributed by atoms with Crippen molar-refractivity contribution in [2.24, 2.45) is 0 Å². The average molecular weight is 528 g/mol. The van der Waals surface area contributed by atoms with Crippen molar-refractivity contribution in [2.75, 3.05) is 49.0 Å². The minimum Gasteiger partial charge on any atom is -0.494 e. The van der Waals surface area contributed by atoms with Crippen molar-refractivity contribution in [1.29, 1.82) is 0 Å². The fourth-order valence-corrected chi connectivity index (χ4v) is 5.23. The lowest BCUT2D eigenvalue weighted by Crippen LogP contribution is -2.50. The van der Waals surface area contributed by atoms with Crippen molar-refractivity contribution < 1.29 is 27.1 Å². The number of carbonyl (C=O) groups excluding carboxylic acids is 1. The molecule has 0 bridgehead atoms. The second kappa shape index (κ2) is 11.5. The Morgan fingerprint density at radius 3 is 2.32 bits per heavy atom. The average Bonchev–Trinajstić information content (AvgIpc) is 2.89. The van der Waals surface area contributed by atoms with Crippen LogP contribution in [0.3, 0.4) is 0 Å². The van der Waals surface area contributed by atoms with Gasteiger partial charge >= 0.3 is 0 Å². The number of sulfonamides is 1. The van der Waals surface area contributed by atoms with Gasteiger partial charge in [0.1, 0.15) is 17.3 Å². The molecule has 1 fully saturated rings. The molecule has 0 atom stereocenters. The molecule has 37 heavy (non-hydrogen) atoms. The Bertz CT molecular complexity index is 1340. The molecule has 196 valence electrons. The zero-order valence-corrected chi connectivity index (χ0v) is 21.6. The van der Waals surface area contributed by atoms with Gasteiger partial charge in [0.2, 0.25) is 0 Å². The first-order valence-corrected chi connectivity index (χ1v) is 13.5. The Labute approximate surface area is 216 Å². The molecule has 1 amide bonds. The summed E-state index contributed by atoms with van der Waals surface area (Å²) in [5.74, 6) is 0.630. The zero-order valence-electron chi connectivity index (χ0n) is 20.8. The van der Waals surface area contributed by atoms with E-state index in [0.29, 0.717) is 61.2 Å². The van der Waals surface area contributed by atoms with Gasteiger partial charge in [0.05, 0.1) is 17.2 Å². The molecule has 0 unspecified atom stereocenters. The predicted molar refractivity (Wildman–Crippen MR) is 140 cm³/mol. The summed E-state index contributed by atoms with van der Waals surface area (Å²) in [5.41, 5.74) is 1.54. The van der Waals surface area contributed by atoms with Gasteiger partial charge < -0.3 is 19.3 Å². The van der Waals surface area contributed by atoms with Crippen LogP contribution in [0.1, 0.15) is 12.5 Å². The van der Waals surface area contributed by atoms with Crippen molar-refractivity contribution in [3.05, 3.63) is 78.1 Å². The van der Waals surface area contributed by atoms with Gasteiger partial charge in [0.15, 0.2) is 6.61 Å². The molecule has 1 heterocycles. The quantitative estimate of drug-likeness (QED) is 0.452. The Kier molecular flexibility index (Phi) is 8.17. The fraction of sp³-hybridized carbons (Fsp3) is 0.296. The van der Waals surface area contributed by atoms with E-state index in [1.165, 1.54) is 18.2 Å². The van der Waals surface area contributed by atoms with Gasteiger partial charge in [-0.05, 0) is 74.0 Å². The molecule has 3 aromatic rings. The first kappa shape index (κ1) is 26.3. The summed E-state index contributed by atoms with van der Waals surface area (Å²) in [5, 5.41) is 0. The van der Waals surface area contributed by atoms with E-state index in [4.69, 9.17) is 9.47 Å². The van der Waals surface area contributed by atoms with Gasteiger partial charge in [-0.1, -0.05) is 12.1 Å². The van der Waals surface area contributed by atoms with E-state index in [-0.39, 0.29) is 23.2 Å². The lowest BCUT2D eigenvalue weighted by Gasteiger charge is -2.36. The number of carbonyl (C=O) groups is 1. The summed E-state index contributed by atoms with van der Waals surface area (Å²) < 4.78 is 53.3. The third-order valence-corrected chi connectivity index (χ3v) is 7.43. The van der Waals surface area contributed by atoms with Crippen molar-refractivity contribution in [2.45, 2.75) is 18.7 Å². The Morgan fingerprint density at radius 1 is 0.973 bits per heavy atom. The van der Waals surface area contributed by atoms with Crippen LogP contribution in [-0.4, -0.2) is 58.6 Å². The Balaban J connectivity index is 1.31. The molecule has 4 rings (SSSR count). The first-order valence-electron chi connectivity index (χ1n) is 12.0. The highest BCUT2D eigenvalue weighted by molar-refractivity contribution is 7.92. The molecular weight excluding hydrogens is 497 g/mol. The van der Waals surface area contributed by atoms with E-state index in [9.17, 15) is 17.6 Å². The SMILES string of the molecule is CCOc1ccc(NS(=O)(=O)c2ccc(OCC(=O)N3CCN(c4ccccc4F)CC3)c(C)c2)cc1. The molecule has 8 nitrogen and oxygen atoms in total. The molecule has 0 radical (unpaired) electrons. The van der Waals surface area contributed by atoms with E-state index >= 15 is 0 Å². The number of halogens is 1. The number of amides is 1. The third kappa shape index (κ3) is 6.51. The second-order valence-electron chi connectivity index (χ2n) is 8.60. The molecule has 0 spiro atoms. The number of nitrogens with one attached hydrogen (secondary N) is 1. The highest BCUT2D eigenvalue weighted by atomic mass is 32.2. The van der Waals surface area contributed by atoms with Crippen LogP contribution in [-0.2, 0) is 14.8 Å². The number of aryl methyl sites for hydroxylation is 1. The van der Waals surface area contributed by atoms with Crippen LogP contribution >= 0.6 is 0 Å². The predicted octanol–water partition coefficient (Wildman–Crippen LogP) is 4.06. The number of ether oxygens (including phenoxy) is 2. The third-order valence-electron chi connectivity index (χ3n) is 6.05. The highest BCUT2D eigenvalue weighted by Gasteiger charge is 2.23. The normalized spacial score (nSPS) is 13.8. The van der Waals surface area contributed by atoms with Crippen molar-refractivity contribution in [3.8, 4) is 11.5 Å². The molecule has 1 saturated heterocycles. The Morgan fingerprint density at radius 2 is 1.68 bits per heavy atom. The van der Waals surface area contributed by atoms with Gasteiger partial charge in [-0.3, -0.25) is 9.52 Å². The van der Waals surface area contributed by atoms with Crippen LogP contribution in [0.2, 0.25) is 0 Å². The second-order valence-corrected chi connectivity index (χ2v) is 10.3. The van der Waals surface area contributed by atoms with E-state index in [1.54, 1.807) is 60.4 Å². The van der Waals surface area contributed by atoms with Crippen LogP contribution in [0.4, 0.5) is 15.8 Å². The highest BCUT2D eigenvalue weighted by Crippen LogP contribution is 2.25. The van der Waals surface area contributed by atoms with E-state index in [0.717, 1.165) is 0 Å². The number of anilines is 2. The van der Waals surface area contributed by atoms with Gasteiger partial charge in [-0.2, -0.15) is 0 Å². The standard InChI is InChI=1S/C27H30FN3O5S/c1-3-35-22-10-8-21(9-11-22)29-37(33,34)23-12-13-26(20(2)18-23)36-19-27(32)31-16-14-30(15-17-31)25-7-5-4-6-24(25)28/h4-13,18,29H,3,14-17,19H2,1-2H3. The van der Waals surface area contributed by atoms with E-state index < -0.39 is 10.0 Å². The molecule has 0 aromatic heterocycles. The molecular formula is C27H30FN3O5S. The minimum absolute atomic E-state index is 0.0850. The topological polar surface area (TPSA) is 88.2 Å². The number of benzene rings is 3. The molecule has 1 aliphatic rings. The van der Waals surface area contributed by atoms with E-state index in [2.05, 4.69) is 4.72 Å². The van der Waals surface area contributed by atoms with Crippen LogP contribution in [0.25, 0.3) is 0 Å². The summed E-state index contributed by atoms with van der Waals surface area (Å²) in [6.45, 7) is 5.93. The lowest BCUT2D eigenvalue weighted by atomic mass is 10.2. The van der Waals surface area contributed by atoms with Gasteiger partial charge in [-0.15, -0.1) is 0 Å². The van der Waals surface area contributed by atoms with Crippen molar-refractivity contribution >= 4 is 27.3 Å². The number of hydrogen-bond acceptors (Lipinski definition) is 6. The molecule has 1 N–H and O–H groups in total. The van der Waals surface area contributed by atoms with Gasteiger partial charge in [0.25, 0.3) is 15.9 Å². The lowest BCUT2D eigenvalue weighted by molar-refractivity contribution is -0.133. The summed E-state index contributed by atoms with van der Waals surface area (Å²) in [7, 11) is -3.81. The maximum atomic E-state index is 14.0. The maximum Gasteiger partial charge on any atom is 0.261 e. The van der Waals surface area contributed by atoms with Crippen LogP contribution in [0.5, 0.6) is 11.5 Å². The number of para-hydroxylation sites is 1. The monoisotopic (exact) mass is 527 g/mol. The Hall–Kier alpha value is -3.79. The summed E-state index contributed by atoms with van der Waals surface area (Å²) in [4.78, 5) is 16.4. The number of piperazine rings is 1. The van der Waals surface area contributed by atoms with Crippen LogP contribution in [0.15, 0.2) is 71.6 Å². The van der Waals surface area contributed by atoms with Crippen LogP contribution in [0, 0.1) is 12.7 Å². The smallest absolute Gasteiger partial charge is 0.261 e. The zero-order chi connectivity index (χ0) is 26.4.